The number of hydrogen-bond donors (Lipinski definition) is 1. The Morgan fingerprint density at radius 2 is 2.17 bits per heavy atom. The molecule has 2 rings (SSSR count). The van der Waals surface area contributed by atoms with Crippen LogP contribution in [0.15, 0.2) is 47.1 Å². The van der Waals surface area contributed by atoms with E-state index >= 15 is 0 Å². The van der Waals surface area contributed by atoms with Crippen molar-refractivity contribution >= 4 is 15.9 Å². The van der Waals surface area contributed by atoms with Crippen molar-refractivity contribution in [1.82, 2.24) is 4.98 Å². The second-order valence-corrected chi connectivity index (χ2v) is 4.97. The number of hydrogen-bond acceptors (Lipinski definition) is 3. The van der Waals surface area contributed by atoms with Gasteiger partial charge in [0.25, 0.3) is 0 Å². The Morgan fingerprint density at radius 1 is 1.33 bits per heavy atom. The lowest BCUT2D eigenvalue weighted by atomic mass is 10.0. The van der Waals surface area contributed by atoms with Crippen LogP contribution in [0.5, 0.6) is 5.75 Å². The molecule has 0 fully saturated rings. The maximum atomic E-state index is 6.18. The largest absolute Gasteiger partial charge is 0.497 e. The van der Waals surface area contributed by atoms with Crippen LogP contribution < -0.4 is 10.5 Å². The Bertz CT molecular complexity index is 513. The number of benzene rings is 1. The molecule has 1 unspecified atom stereocenters. The summed E-state index contributed by atoms with van der Waals surface area (Å²) in [5, 5.41) is 0. The minimum atomic E-state index is -0.0752. The molecule has 1 heterocycles. The summed E-state index contributed by atoms with van der Waals surface area (Å²) in [6.07, 6.45) is 2.49. The highest BCUT2D eigenvalue weighted by atomic mass is 79.9. The summed E-state index contributed by atoms with van der Waals surface area (Å²) in [7, 11) is 1.65. The van der Waals surface area contributed by atoms with E-state index in [4.69, 9.17) is 10.5 Å². The predicted molar refractivity (Wildman–Crippen MR) is 75.6 cm³/mol. The first-order valence-electron chi connectivity index (χ1n) is 5.69. The molecule has 4 heteroatoms. The van der Waals surface area contributed by atoms with Gasteiger partial charge in [0.2, 0.25) is 0 Å². The van der Waals surface area contributed by atoms with Gasteiger partial charge in [-0.1, -0.05) is 12.1 Å². The molecule has 1 aromatic carbocycles. The van der Waals surface area contributed by atoms with E-state index in [1.807, 2.05) is 36.4 Å². The molecule has 0 saturated carbocycles. The van der Waals surface area contributed by atoms with Gasteiger partial charge in [0.15, 0.2) is 0 Å². The van der Waals surface area contributed by atoms with E-state index < -0.39 is 0 Å². The number of rotatable bonds is 4. The molecular formula is C14H15BrN2O. The van der Waals surface area contributed by atoms with E-state index in [2.05, 4.69) is 20.9 Å². The standard InChI is InChI=1S/C14H15BrN2O/c1-18-13-4-2-3-10(7-13)14(16)8-12-6-5-11(15)9-17-12/h2-7,9,14H,8,16H2,1H3. The average molecular weight is 307 g/mol. The van der Waals surface area contributed by atoms with E-state index in [9.17, 15) is 0 Å². The Kier molecular flexibility index (Phi) is 4.33. The van der Waals surface area contributed by atoms with Gasteiger partial charge in [0, 0.05) is 28.8 Å². The summed E-state index contributed by atoms with van der Waals surface area (Å²) in [6.45, 7) is 0. The zero-order valence-corrected chi connectivity index (χ0v) is 11.7. The quantitative estimate of drug-likeness (QED) is 0.944. The molecule has 0 amide bonds. The van der Waals surface area contributed by atoms with Crippen LogP contribution in [-0.4, -0.2) is 12.1 Å². The lowest BCUT2D eigenvalue weighted by molar-refractivity contribution is 0.413. The van der Waals surface area contributed by atoms with Crippen molar-refractivity contribution in [3.63, 3.8) is 0 Å². The number of halogens is 1. The van der Waals surface area contributed by atoms with Crippen LogP contribution in [0.1, 0.15) is 17.3 Å². The number of nitrogens with zero attached hydrogens (tertiary/aromatic N) is 1. The lowest BCUT2D eigenvalue weighted by Gasteiger charge is -2.12. The molecular weight excluding hydrogens is 292 g/mol. The van der Waals surface area contributed by atoms with Gasteiger partial charge in [-0.3, -0.25) is 4.98 Å². The summed E-state index contributed by atoms with van der Waals surface area (Å²) < 4.78 is 6.17. The third-order valence-electron chi connectivity index (χ3n) is 2.74. The molecule has 2 N–H and O–H groups in total. The molecule has 0 bridgehead atoms. The predicted octanol–water partition coefficient (Wildman–Crippen LogP) is 3.10. The molecule has 0 aliphatic rings. The first kappa shape index (κ1) is 13.1. The van der Waals surface area contributed by atoms with Crippen molar-refractivity contribution < 1.29 is 4.74 Å². The summed E-state index contributed by atoms with van der Waals surface area (Å²) in [5.74, 6) is 0.826. The zero-order valence-electron chi connectivity index (χ0n) is 10.1. The number of aromatic nitrogens is 1. The molecule has 94 valence electrons. The summed E-state index contributed by atoms with van der Waals surface area (Å²) in [4.78, 5) is 4.33. The van der Waals surface area contributed by atoms with E-state index in [0.717, 1.165) is 21.5 Å². The first-order valence-corrected chi connectivity index (χ1v) is 6.48. The summed E-state index contributed by atoms with van der Waals surface area (Å²) >= 11 is 3.37. The van der Waals surface area contributed by atoms with E-state index in [-0.39, 0.29) is 6.04 Å². The average Bonchev–Trinajstić information content (AvgIpc) is 2.41. The number of ether oxygens (including phenoxy) is 1. The van der Waals surface area contributed by atoms with Gasteiger partial charge in [-0.25, -0.2) is 0 Å². The first-order chi connectivity index (χ1) is 8.69. The minimum Gasteiger partial charge on any atom is -0.497 e. The van der Waals surface area contributed by atoms with Crippen molar-refractivity contribution in [3.8, 4) is 5.75 Å². The molecule has 0 spiro atoms. The molecule has 1 aromatic heterocycles. The molecule has 0 aliphatic heterocycles. The Labute approximate surface area is 115 Å². The van der Waals surface area contributed by atoms with Gasteiger partial charge < -0.3 is 10.5 Å². The Hall–Kier alpha value is -1.39. The fraction of sp³-hybridized carbons (Fsp3) is 0.214. The van der Waals surface area contributed by atoms with Crippen LogP contribution in [-0.2, 0) is 6.42 Å². The molecule has 2 aromatic rings. The van der Waals surface area contributed by atoms with Crippen molar-refractivity contribution in [2.24, 2.45) is 5.73 Å². The van der Waals surface area contributed by atoms with Crippen molar-refractivity contribution in [1.29, 1.82) is 0 Å². The molecule has 18 heavy (non-hydrogen) atoms. The molecule has 0 saturated heterocycles. The Balaban J connectivity index is 2.11. The number of pyridine rings is 1. The third-order valence-corrected chi connectivity index (χ3v) is 3.21. The molecule has 0 aliphatic carbocycles. The van der Waals surface area contributed by atoms with Crippen LogP contribution in [0.4, 0.5) is 0 Å². The third kappa shape index (κ3) is 3.31. The van der Waals surface area contributed by atoms with Gasteiger partial charge in [-0.05, 0) is 45.8 Å². The van der Waals surface area contributed by atoms with Crippen molar-refractivity contribution in [2.45, 2.75) is 12.5 Å². The second-order valence-electron chi connectivity index (χ2n) is 4.05. The second kappa shape index (κ2) is 5.98. The van der Waals surface area contributed by atoms with E-state index in [0.29, 0.717) is 6.42 Å². The van der Waals surface area contributed by atoms with Crippen molar-refractivity contribution in [3.05, 3.63) is 58.3 Å². The van der Waals surface area contributed by atoms with E-state index in [1.54, 1.807) is 13.3 Å². The molecule has 3 nitrogen and oxygen atoms in total. The normalized spacial score (nSPS) is 12.2. The minimum absolute atomic E-state index is 0.0752. The van der Waals surface area contributed by atoms with Crippen LogP contribution >= 0.6 is 15.9 Å². The van der Waals surface area contributed by atoms with Crippen LogP contribution in [0.2, 0.25) is 0 Å². The van der Waals surface area contributed by atoms with E-state index in [1.165, 1.54) is 0 Å². The van der Waals surface area contributed by atoms with Crippen LogP contribution in [0.25, 0.3) is 0 Å². The number of methoxy groups -OCH3 is 1. The van der Waals surface area contributed by atoms with Gasteiger partial charge in [0.1, 0.15) is 5.75 Å². The SMILES string of the molecule is COc1cccc(C(N)Cc2ccc(Br)cn2)c1. The Morgan fingerprint density at radius 3 is 2.83 bits per heavy atom. The summed E-state index contributed by atoms with van der Waals surface area (Å²) in [5.41, 5.74) is 8.22. The topological polar surface area (TPSA) is 48.1 Å². The monoisotopic (exact) mass is 306 g/mol. The smallest absolute Gasteiger partial charge is 0.119 e. The fourth-order valence-corrected chi connectivity index (χ4v) is 1.98. The molecule has 0 radical (unpaired) electrons. The maximum absolute atomic E-state index is 6.18. The van der Waals surface area contributed by atoms with Crippen molar-refractivity contribution in [2.75, 3.05) is 7.11 Å². The van der Waals surface area contributed by atoms with Crippen LogP contribution in [0, 0.1) is 0 Å². The van der Waals surface area contributed by atoms with Gasteiger partial charge in [-0.2, -0.15) is 0 Å². The highest BCUT2D eigenvalue weighted by Gasteiger charge is 2.08. The van der Waals surface area contributed by atoms with Gasteiger partial charge in [-0.15, -0.1) is 0 Å². The van der Waals surface area contributed by atoms with Gasteiger partial charge >= 0.3 is 0 Å². The van der Waals surface area contributed by atoms with Crippen LogP contribution in [0.3, 0.4) is 0 Å². The summed E-state index contributed by atoms with van der Waals surface area (Å²) in [6, 6.07) is 11.7. The maximum Gasteiger partial charge on any atom is 0.119 e. The fourth-order valence-electron chi connectivity index (χ4n) is 1.74. The lowest BCUT2D eigenvalue weighted by Crippen LogP contribution is -2.14. The highest BCUT2D eigenvalue weighted by Crippen LogP contribution is 2.20. The number of nitrogens with two attached hydrogens (primary N) is 1. The zero-order chi connectivity index (χ0) is 13.0. The van der Waals surface area contributed by atoms with Gasteiger partial charge in [0.05, 0.1) is 7.11 Å². The molecule has 1 atom stereocenters. The highest BCUT2D eigenvalue weighted by molar-refractivity contribution is 9.10.